The first-order valence-electron chi connectivity index (χ1n) is 5.36. The summed E-state index contributed by atoms with van der Waals surface area (Å²) in [4.78, 5) is 7.70. The van der Waals surface area contributed by atoms with Crippen LogP contribution in [0.15, 0.2) is 23.0 Å². The number of aryl methyl sites for hydroxylation is 1. The van der Waals surface area contributed by atoms with Crippen molar-refractivity contribution in [3.63, 3.8) is 0 Å². The molecule has 2 aromatic rings. The molecule has 2 rings (SSSR count). The predicted molar refractivity (Wildman–Crippen MR) is 58.0 cm³/mol. The second-order valence-electron chi connectivity index (χ2n) is 3.96. The van der Waals surface area contributed by atoms with Crippen LogP contribution in [0.5, 0.6) is 0 Å². The van der Waals surface area contributed by atoms with Crippen molar-refractivity contribution < 1.29 is 22.8 Å². The predicted octanol–water partition coefficient (Wildman–Crippen LogP) is 1.91. The Morgan fingerprint density at radius 2 is 2.16 bits per heavy atom. The highest BCUT2D eigenvalue weighted by Gasteiger charge is 2.39. The monoisotopic (exact) mass is 273 g/mol. The van der Waals surface area contributed by atoms with Crippen LogP contribution >= 0.6 is 0 Å². The van der Waals surface area contributed by atoms with Gasteiger partial charge in [0, 0.05) is 18.0 Å². The third-order valence-corrected chi connectivity index (χ3v) is 2.49. The van der Waals surface area contributed by atoms with Gasteiger partial charge in [-0.2, -0.15) is 18.2 Å². The second-order valence-corrected chi connectivity index (χ2v) is 3.96. The zero-order valence-corrected chi connectivity index (χ0v) is 9.85. The normalized spacial score (nSPS) is 13.5. The van der Waals surface area contributed by atoms with Gasteiger partial charge in [0.15, 0.2) is 6.10 Å². The summed E-state index contributed by atoms with van der Waals surface area (Å²) in [6.07, 6.45) is -4.93. The molecule has 0 radical (unpaired) electrons. The van der Waals surface area contributed by atoms with E-state index in [9.17, 15) is 13.2 Å². The van der Waals surface area contributed by atoms with E-state index in [1.807, 2.05) is 0 Å². The molecular formula is C11H10F3N3O2. The van der Waals surface area contributed by atoms with Crippen molar-refractivity contribution in [1.29, 1.82) is 0 Å². The molecule has 0 aliphatic rings. The van der Waals surface area contributed by atoms with Gasteiger partial charge < -0.3 is 9.63 Å². The van der Waals surface area contributed by atoms with E-state index < -0.39 is 18.7 Å². The fraction of sp³-hybridized carbons (Fsp3) is 0.364. The zero-order valence-electron chi connectivity index (χ0n) is 9.85. The van der Waals surface area contributed by atoms with Crippen molar-refractivity contribution in [2.24, 2.45) is 0 Å². The van der Waals surface area contributed by atoms with E-state index >= 15 is 0 Å². The van der Waals surface area contributed by atoms with Crippen LogP contribution in [-0.2, 0) is 6.42 Å². The Kier molecular flexibility index (Phi) is 3.52. The molecule has 2 heterocycles. The van der Waals surface area contributed by atoms with Crippen molar-refractivity contribution >= 4 is 0 Å². The lowest BCUT2D eigenvalue weighted by atomic mass is 10.1. The number of aromatic nitrogens is 3. The molecule has 19 heavy (non-hydrogen) atoms. The highest BCUT2D eigenvalue weighted by atomic mass is 19.4. The number of aliphatic hydroxyl groups excluding tert-OH is 1. The van der Waals surface area contributed by atoms with E-state index in [1.165, 1.54) is 6.20 Å². The van der Waals surface area contributed by atoms with Gasteiger partial charge in [-0.1, -0.05) is 5.16 Å². The van der Waals surface area contributed by atoms with E-state index in [0.29, 0.717) is 5.56 Å². The van der Waals surface area contributed by atoms with Crippen molar-refractivity contribution in [2.45, 2.75) is 25.6 Å². The molecule has 1 atom stereocenters. The number of aliphatic hydroxyl groups is 1. The topological polar surface area (TPSA) is 72.0 Å². The van der Waals surface area contributed by atoms with Gasteiger partial charge in [-0.3, -0.25) is 4.98 Å². The van der Waals surface area contributed by atoms with E-state index in [4.69, 9.17) is 9.63 Å². The Morgan fingerprint density at radius 3 is 2.79 bits per heavy atom. The molecule has 0 aromatic carbocycles. The maximum absolute atomic E-state index is 12.2. The van der Waals surface area contributed by atoms with Gasteiger partial charge in [-0.15, -0.1) is 0 Å². The molecule has 102 valence electrons. The SMILES string of the molecule is Cc1ccncc1-c1noc(CC(O)C(F)(F)F)n1. The lowest BCUT2D eigenvalue weighted by molar-refractivity contribution is -0.204. The molecular weight excluding hydrogens is 263 g/mol. The number of pyridine rings is 1. The van der Waals surface area contributed by atoms with Gasteiger partial charge >= 0.3 is 6.18 Å². The molecule has 0 saturated carbocycles. The smallest absolute Gasteiger partial charge is 0.383 e. The standard InChI is InChI=1S/C11H10F3N3O2/c1-6-2-3-15-5-7(6)10-16-9(19-17-10)4-8(18)11(12,13)14/h2-3,5,8,18H,4H2,1H3. The molecule has 2 aromatic heterocycles. The summed E-state index contributed by atoms with van der Waals surface area (Å²) in [6.45, 7) is 1.79. The van der Waals surface area contributed by atoms with Gasteiger partial charge in [0.05, 0.1) is 6.42 Å². The largest absolute Gasteiger partial charge is 0.414 e. The van der Waals surface area contributed by atoms with Gasteiger partial charge in [-0.25, -0.2) is 0 Å². The summed E-state index contributed by atoms with van der Waals surface area (Å²) in [5.74, 6) is -0.127. The zero-order chi connectivity index (χ0) is 14.0. The van der Waals surface area contributed by atoms with E-state index in [1.54, 1.807) is 19.2 Å². The number of halogens is 3. The van der Waals surface area contributed by atoms with Crippen molar-refractivity contribution in [1.82, 2.24) is 15.1 Å². The molecule has 0 amide bonds. The molecule has 0 aliphatic heterocycles. The molecule has 5 nitrogen and oxygen atoms in total. The van der Waals surface area contributed by atoms with E-state index in [-0.39, 0.29) is 11.7 Å². The van der Waals surface area contributed by atoms with Crippen LogP contribution in [-0.4, -0.2) is 32.5 Å². The number of nitrogens with zero attached hydrogens (tertiary/aromatic N) is 3. The summed E-state index contributed by atoms with van der Waals surface area (Å²) in [7, 11) is 0. The van der Waals surface area contributed by atoms with Crippen LogP contribution in [0.4, 0.5) is 13.2 Å². The summed E-state index contributed by atoms with van der Waals surface area (Å²) >= 11 is 0. The van der Waals surface area contributed by atoms with Gasteiger partial charge in [0.25, 0.3) is 0 Å². The average Bonchev–Trinajstić information content (AvgIpc) is 2.76. The Labute approximate surface area is 106 Å². The van der Waals surface area contributed by atoms with E-state index in [2.05, 4.69) is 15.1 Å². The number of hydrogen-bond donors (Lipinski definition) is 1. The highest BCUT2D eigenvalue weighted by molar-refractivity contribution is 5.57. The number of alkyl halides is 3. The van der Waals surface area contributed by atoms with Crippen LogP contribution < -0.4 is 0 Å². The molecule has 0 aliphatic carbocycles. The summed E-state index contributed by atoms with van der Waals surface area (Å²) in [5, 5.41) is 12.5. The molecule has 8 heteroatoms. The van der Waals surface area contributed by atoms with Crippen LogP contribution in [0, 0.1) is 6.92 Å². The molecule has 0 spiro atoms. The first kappa shape index (κ1) is 13.5. The molecule has 1 unspecified atom stereocenters. The Morgan fingerprint density at radius 1 is 1.42 bits per heavy atom. The summed E-state index contributed by atoms with van der Waals surface area (Å²) in [6, 6.07) is 1.72. The van der Waals surface area contributed by atoms with Crippen LogP contribution in [0.25, 0.3) is 11.4 Å². The van der Waals surface area contributed by atoms with E-state index in [0.717, 1.165) is 5.56 Å². The minimum atomic E-state index is -4.71. The summed E-state index contributed by atoms with van der Waals surface area (Å²) < 4.78 is 41.2. The maximum Gasteiger partial charge on any atom is 0.414 e. The Bertz CT molecular complexity index is 568. The molecule has 0 bridgehead atoms. The lowest BCUT2D eigenvalue weighted by Gasteiger charge is -2.11. The Hall–Kier alpha value is -1.96. The lowest BCUT2D eigenvalue weighted by Crippen LogP contribution is -2.30. The molecule has 1 N–H and O–H groups in total. The summed E-state index contributed by atoms with van der Waals surface area (Å²) in [5.41, 5.74) is 1.39. The van der Waals surface area contributed by atoms with Gasteiger partial charge in [0.2, 0.25) is 11.7 Å². The molecule has 0 saturated heterocycles. The quantitative estimate of drug-likeness (QED) is 0.924. The minimum Gasteiger partial charge on any atom is -0.383 e. The number of hydrogen-bond acceptors (Lipinski definition) is 5. The average molecular weight is 273 g/mol. The first-order valence-corrected chi connectivity index (χ1v) is 5.36. The van der Waals surface area contributed by atoms with Crippen LogP contribution in [0.1, 0.15) is 11.5 Å². The van der Waals surface area contributed by atoms with Gasteiger partial charge in [-0.05, 0) is 18.6 Å². The first-order chi connectivity index (χ1) is 8.88. The second kappa shape index (κ2) is 4.96. The highest BCUT2D eigenvalue weighted by Crippen LogP contribution is 2.24. The van der Waals surface area contributed by atoms with Crippen molar-refractivity contribution in [2.75, 3.05) is 0 Å². The minimum absolute atomic E-state index is 0.148. The maximum atomic E-state index is 12.2. The van der Waals surface area contributed by atoms with Crippen LogP contribution in [0.3, 0.4) is 0 Å². The Balaban J connectivity index is 2.19. The van der Waals surface area contributed by atoms with Crippen molar-refractivity contribution in [3.8, 4) is 11.4 Å². The fourth-order valence-electron chi connectivity index (χ4n) is 1.43. The third kappa shape index (κ3) is 3.08. The fourth-order valence-corrected chi connectivity index (χ4v) is 1.43. The van der Waals surface area contributed by atoms with Crippen LogP contribution in [0.2, 0.25) is 0 Å². The third-order valence-electron chi connectivity index (χ3n) is 2.49. The van der Waals surface area contributed by atoms with Crippen molar-refractivity contribution in [3.05, 3.63) is 29.9 Å². The molecule has 0 fully saturated rings. The number of rotatable bonds is 3. The van der Waals surface area contributed by atoms with Gasteiger partial charge in [0.1, 0.15) is 0 Å².